The third kappa shape index (κ3) is 3.73. The number of carbonyl (C=O) groups is 1. The summed E-state index contributed by atoms with van der Waals surface area (Å²) in [6.07, 6.45) is 0.394. The van der Waals surface area contributed by atoms with Crippen LogP contribution >= 0.6 is 11.6 Å². The molecule has 1 saturated heterocycles. The van der Waals surface area contributed by atoms with Crippen LogP contribution in [0.2, 0.25) is 5.02 Å². The van der Waals surface area contributed by atoms with Gasteiger partial charge in [-0.3, -0.25) is 4.79 Å². The number of ether oxygens (including phenoxy) is 1. The zero-order valence-electron chi connectivity index (χ0n) is 18.1. The molecule has 0 radical (unpaired) electrons. The summed E-state index contributed by atoms with van der Waals surface area (Å²) in [5.74, 6) is 1.62. The molecule has 1 fully saturated rings. The van der Waals surface area contributed by atoms with E-state index in [4.69, 9.17) is 21.3 Å². The summed E-state index contributed by atoms with van der Waals surface area (Å²) in [6, 6.07) is 22.1. The van der Waals surface area contributed by atoms with E-state index in [1.54, 1.807) is 24.1 Å². The van der Waals surface area contributed by atoms with Crippen LogP contribution in [0, 0.1) is 6.92 Å². The standard InChI is InChI=1S/C26H24ClN3O2/c1-17-7-9-18(10-8-17)15-30-23-6-4-3-5-22(23)28-26(30)19-13-25(31)29(16-19)24-14-20(32-2)11-12-21(24)27/h3-12,14,19H,13,15-16H2,1-2H3. The number of anilines is 1. The molecule has 0 spiro atoms. The summed E-state index contributed by atoms with van der Waals surface area (Å²) >= 11 is 6.44. The van der Waals surface area contributed by atoms with Crippen molar-refractivity contribution in [2.75, 3.05) is 18.6 Å². The maximum absolute atomic E-state index is 13.0. The van der Waals surface area contributed by atoms with Crippen LogP contribution in [-0.2, 0) is 11.3 Å². The number of carbonyl (C=O) groups excluding carboxylic acids is 1. The van der Waals surface area contributed by atoms with Crippen molar-refractivity contribution >= 4 is 34.2 Å². The molecule has 1 atom stereocenters. The van der Waals surface area contributed by atoms with E-state index < -0.39 is 0 Å². The molecule has 5 nitrogen and oxygen atoms in total. The van der Waals surface area contributed by atoms with Crippen molar-refractivity contribution in [2.24, 2.45) is 0 Å². The fraction of sp³-hybridized carbons (Fsp3) is 0.231. The van der Waals surface area contributed by atoms with Crippen LogP contribution in [0.4, 0.5) is 5.69 Å². The van der Waals surface area contributed by atoms with Gasteiger partial charge in [0.15, 0.2) is 0 Å². The van der Waals surface area contributed by atoms with Gasteiger partial charge in [-0.1, -0.05) is 53.6 Å². The second-order valence-corrected chi connectivity index (χ2v) is 8.66. The lowest BCUT2D eigenvalue weighted by atomic mass is 10.1. The van der Waals surface area contributed by atoms with Crippen LogP contribution in [0.5, 0.6) is 5.75 Å². The predicted octanol–water partition coefficient (Wildman–Crippen LogP) is 5.58. The minimum absolute atomic E-state index is 0.0254. The largest absolute Gasteiger partial charge is 0.497 e. The number of rotatable bonds is 5. The first-order valence-electron chi connectivity index (χ1n) is 10.7. The molecular formula is C26H24ClN3O2. The average Bonchev–Trinajstić information content (AvgIpc) is 3.36. The second kappa shape index (κ2) is 8.32. The van der Waals surface area contributed by atoms with Crippen molar-refractivity contribution in [1.29, 1.82) is 0 Å². The first kappa shape index (κ1) is 20.6. The Kier molecular flexibility index (Phi) is 5.35. The van der Waals surface area contributed by atoms with E-state index in [1.165, 1.54) is 11.1 Å². The molecule has 0 saturated carbocycles. The quantitative estimate of drug-likeness (QED) is 0.403. The smallest absolute Gasteiger partial charge is 0.227 e. The summed E-state index contributed by atoms with van der Waals surface area (Å²) < 4.78 is 7.58. The van der Waals surface area contributed by atoms with Gasteiger partial charge in [0.1, 0.15) is 11.6 Å². The normalized spacial score (nSPS) is 16.2. The number of benzene rings is 3. The molecule has 0 aliphatic carbocycles. The van der Waals surface area contributed by atoms with E-state index in [0.29, 0.717) is 36.0 Å². The lowest BCUT2D eigenvalue weighted by Crippen LogP contribution is -2.25. The van der Waals surface area contributed by atoms with Crippen LogP contribution in [-0.4, -0.2) is 29.1 Å². The first-order chi connectivity index (χ1) is 15.5. The SMILES string of the molecule is COc1ccc(Cl)c(N2CC(c3nc4ccccc4n3Cc3ccc(C)cc3)CC2=O)c1. The zero-order valence-corrected chi connectivity index (χ0v) is 18.8. The minimum atomic E-state index is -0.0254. The van der Waals surface area contributed by atoms with E-state index in [1.807, 2.05) is 24.3 Å². The highest BCUT2D eigenvalue weighted by molar-refractivity contribution is 6.34. The summed E-state index contributed by atoms with van der Waals surface area (Å²) in [5.41, 5.74) is 5.14. The number of fused-ring (bicyclic) bond motifs is 1. The number of amides is 1. The van der Waals surface area contributed by atoms with E-state index >= 15 is 0 Å². The number of hydrogen-bond acceptors (Lipinski definition) is 3. The molecule has 1 aliphatic heterocycles. The lowest BCUT2D eigenvalue weighted by Gasteiger charge is -2.19. The van der Waals surface area contributed by atoms with Gasteiger partial charge in [-0.25, -0.2) is 4.98 Å². The fourth-order valence-corrected chi connectivity index (χ4v) is 4.61. The van der Waals surface area contributed by atoms with E-state index in [9.17, 15) is 4.79 Å². The number of imidazole rings is 1. The molecule has 162 valence electrons. The van der Waals surface area contributed by atoms with Gasteiger partial charge in [-0.2, -0.15) is 0 Å². The van der Waals surface area contributed by atoms with E-state index in [0.717, 1.165) is 16.9 Å². The van der Waals surface area contributed by atoms with Crippen molar-refractivity contribution in [2.45, 2.75) is 25.8 Å². The maximum Gasteiger partial charge on any atom is 0.227 e. The van der Waals surface area contributed by atoms with Gasteiger partial charge < -0.3 is 14.2 Å². The first-order valence-corrected chi connectivity index (χ1v) is 11.1. The minimum Gasteiger partial charge on any atom is -0.497 e. The van der Waals surface area contributed by atoms with Crippen molar-refractivity contribution in [1.82, 2.24) is 9.55 Å². The van der Waals surface area contributed by atoms with Gasteiger partial charge in [0, 0.05) is 31.5 Å². The molecule has 1 unspecified atom stereocenters. The Morgan fingerprint density at radius 3 is 2.66 bits per heavy atom. The Bertz CT molecular complexity index is 1300. The van der Waals surface area contributed by atoms with Crippen molar-refractivity contribution in [3.63, 3.8) is 0 Å². The number of nitrogens with zero attached hydrogens (tertiary/aromatic N) is 3. The number of halogens is 1. The van der Waals surface area contributed by atoms with Gasteiger partial charge in [-0.05, 0) is 36.8 Å². The van der Waals surface area contributed by atoms with Crippen LogP contribution in [0.25, 0.3) is 11.0 Å². The van der Waals surface area contributed by atoms with E-state index in [2.05, 4.69) is 41.8 Å². The molecule has 0 bridgehead atoms. The van der Waals surface area contributed by atoms with Crippen molar-refractivity contribution in [3.8, 4) is 5.75 Å². The van der Waals surface area contributed by atoms with Crippen LogP contribution in [0.15, 0.2) is 66.7 Å². The molecule has 1 aliphatic rings. The summed E-state index contributed by atoms with van der Waals surface area (Å²) in [5, 5.41) is 0.535. The Morgan fingerprint density at radius 1 is 1.09 bits per heavy atom. The Morgan fingerprint density at radius 2 is 1.88 bits per heavy atom. The third-order valence-electron chi connectivity index (χ3n) is 6.08. The lowest BCUT2D eigenvalue weighted by molar-refractivity contribution is -0.117. The molecule has 6 heteroatoms. The topological polar surface area (TPSA) is 47.4 Å². The average molecular weight is 446 g/mol. The summed E-state index contributed by atoms with van der Waals surface area (Å²) in [4.78, 5) is 19.7. The highest BCUT2D eigenvalue weighted by Crippen LogP contribution is 2.38. The fourth-order valence-electron chi connectivity index (χ4n) is 4.39. The van der Waals surface area contributed by atoms with Crippen LogP contribution in [0.1, 0.15) is 29.3 Å². The predicted molar refractivity (Wildman–Crippen MR) is 128 cm³/mol. The number of aromatic nitrogens is 2. The zero-order chi connectivity index (χ0) is 22.2. The Balaban J connectivity index is 1.52. The molecule has 0 N–H and O–H groups in total. The highest BCUT2D eigenvalue weighted by atomic mass is 35.5. The Hall–Kier alpha value is -3.31. The summed E-state index contributed by atoms with van der Waals surface area (Å²) in [6.45, 7) is 3.33. The second-order valence-electron chi connectivity index (χ2n) is 8.25. The number of aryl methyl sites for hydroxylation is 1. The van der Waals surface area contributed by atoms with Gasteiger partial charge in [0.25, 0.3) is 0 Å². The molecule has 5 rings (SSSR count). The van der Waals surface area contributed by atoms with Gasteiger partial charge >= 0.3 is 0 Å². The number of methoxy groups -OCH3 is 1. The molecule has 2 heterocycles. The molecular weight excluding hydrogens is 422 g/mol. The van der Waals surface area contributed by atoms with E-state index in [-0.39, 0.29) is 11.8 Å². The highest BCUT2D eigenvalue weighted by Gasteiger charge is 2.35. The summed E-state index contributed by atoms with van der Waals surface area (Å²) in [7, 11) is 1.61. The molecule has 1 aromatic heterocycles. The molecule has 32 heavy (non-hydrogen) atoms. The van der Waals surface area contributed by atoms with Gasteiger partial charge in [-0.15, -0.1) is 0 Å². The Labute approximate surface area is 192 Å². The van der Waals surface area contributed by atoms with Gasteiger partial charge in [0.2, 0.25) is 5.91 Å². The molecule has 1 amide bonds. The number of hydrogen-bond donors (Lipinski definition) is 0. The third-order valence-corrected chi connectivity index (χ3v) is 6.40. The van der Waals surface area contributed by atoms with Gasteiger partial charge in [0.05, 0.1) is 28.9 Å². The van der Waals surface area contributed by atoms with Crippen molar-refractivity contribution in [3.05, 3.63) is 88.7 Å². The molecule has 4 aromatic rings. The monoisotopic (exact) mass is 445 g/mol. The van der Waals surface area contributed by atoms with Crippen molar-refractivity contribution < 1.29 is 9.53 Å². The number of para-hydroxylation sites is 2. The van der Waals surface area contributed by atoms with Crippen LogP contribution in [0.3, 0.4) is 0 Å². The maximum atomic E-state index is 13.0. The molecule has 3 aromatic carbocycles. The van der Waals surface area contributed by atoms with Crippen LogP contribution < -0.4 is 9.64 Å².